The molecule has 0 aliphatic carbocycles. The first-order chi connectivity index (χ1) is 10.7. The summed E-state index contributed by atoms with van der Waals surface area (Å²) in [7, 11) is 1.66. The van der Waals surface area contributed by atoms with Gasteiger partial charge in [-0.3, -0.25) is 0 Å². The molecule has 0 bridgehead atoms. The second kappa shape index (κ2) is 6.81. The van der Waals surface area contributed by atoms with Crippen molar-refractivity contribution in [3.63, 3.8) is 0 Å². The maximum Gasteiger partial charge on any atom is 0.231 e. The van der Waals surface area contributed by atoms with E-state index in [2.05, 4.69) is 15.4 Å². The fraction of sp³-hybridized carbons (Fsp3) is 0.133. The lowest BCUT2D eigenvalue weighted by Crippen LogP contribution is -1.98. The molecule has 0 aliphatic rings. The van der Waals surface area contributed by atoms with Gasteiger partial charge in [-0.2, -0.15) is 0 Å². The van der Waals surface area contributed by atoms with E-state index in [1.807, 2.05) is 36.4 Å². The van der Waals surface area contributed by atoms with Gasteiger partial charge in [0.25, 0.3) is 0 Å². The normalized spacial score (nSPS) is 10.6. The second-order valence-electron chi connectivity index (χ2n) is 4.47. The molecule has 0 spiro atoms. The zero-order valence-electron chi connectivity index (χ0n) is 11.8. The van der Waals surface area contributed by atoms with Crippen LogP contribution in [0.25, 0.3) is 5.69 Å². The van der Waals surface area contributed by atoms with Gasteiger partial charge in [0.1, 0.15) is 5.75 Å². The van der Waals surface area contributed by atoms with Crippen LogP contribution in [0.5, 0.6) is 5.75 Å². The number of halogens is 1. The van der Waals surface area contributed by atoms with E-state index >= 15 is 0 Å². The van der Waals surface area contributed by atoms with E-state index < -0.39 is 0 Å². The Morgan fingerprint density at radius 1 is 1.09 bits per heavy atom. The van der Waals surface area contributed by atoms with Crippen molar-refractivity contribution in [1.29, 1.82) is 0 Å². The molecule has 5 nitrogen and oxygen atoms in total. The van der Waals surface area contributed by atoms with E-state index in [9.17, 15) is 0 Å². The van der Waals surface area contributed by atoms with Crippen molar-refractivity contribution in [3.8, 4) is 11.4 Å². The summed E-state index contributed by atoms with van der Waals surface area (Å²) in [5.74, 6) is 1.62. The molecule has 0 amide bonds. The Morgan fingerprint density at radius 3 is 2.50 bits per heavy atom. The molecule has 0 fully saturated rings. The first-order valence-electron chi connectivity index (χ1n) is 6.56. The average Bonchev–Trinajstić information content (AvgIpc) is 3.03. The monoisotopic (exact) mass is 332 g/mol. The minimum absolute atomic E-state index is 0.630. The van der Waals surface area contributed by atoms with Crippen molar-refractivity contribution in [3.05, 3.63) is 59.1 Å². The summed E-state index contributed by atoms with van der Waals surface area (Å²) in [6.07, 6.45) is 0. The minimum Gasteiger partial charge on any atom is -0.497 e. The number of methoxy groups -OCH3 is 1. The second-order valence-corrected chi connectivity index (χ2v) is 5.85. The van der Waals surface area contributed by atoms with Gasteiger partial charge < -0.3 is 4.74 Å². The van der Waals surface area contributed by atoms with Crippen molar-refractivity contribution in [2.24, 2.45) is 0 Å². The Kier molecular flexibility index (Phi) is 4.60. The molecule has 1 heterocycles. The highest BCUT2D eigenvalue weighted by Gasteiger charge is 2.06. The lowest BCUT2D eigenvalue weighted by Gasteiger charge is -2.01. The third-order valence-electron chi connectivity index (χ3n) is 2.98. The highest BCUT2D eigenvalue weighted by Crippen LogP contribution is 2.21. The zero-order chi connectivity index (χ0) is 15.4. The Labute approximate surface area is 137 Å². The Balaban J connectivity index is 1.65. The van der Waals surface area contributed by atoms with Crippen LogP contribution < -0.4 is 4.74 Å². The van der Waals surface area contributed by atoms with E-state index in [1.165, 1.54) is 22.1 Å². The predicted molar refractivity (Wildman–Crippen MR) is 86.7 cm³/mol. The van der Waals surface area contributed by atoms with E-state index in [4.69, 9.17) is 16.3 Å². The SMILES string of the molecule is COc1ccc(CSc2nnn(-c3ccc(Cl)cc3)n2)cc1. The summed E-state index contributed by atoms with van der Waals surface area (Å²) in [4.78, 5) is 1.49. The predicted octanol–water partition coefficient (Wildman–Crippen LogP) is 3.62. The van der Waals surface area contributed by atoms with E-state index in [1.54, 1.807) is 19.2 Å². The van der Waals surface area contributed by atoms with Gasteiger partial charge in [-0.25, -0.2) is 0 Å². The maximum atomic E-state index is 5.86. The molecule has 2 aromatic carbocycles. The molecule has 3 aromatic rings. The summed E-state index contributed by atoms with van der Waals surface area (Å²) in [6.45, 7) is 0. The quantitative estimate of drug-likeness (QED) is 0.668. The molecule has 0 N–H and O–H groups in total. The Bertz CT molecular complexity index is 743. The molecule has 112 valence electrons. The summed E-state index contributed by atoms with van der Waals surface area (Å²) in [6, 6.07) is 15.2. The van der Waals surface area contributed by atoms with Gasteiger partial charge in [0.15, 0.2) is 0 Å². The first kappa shape index (κ1) is 14.9. The molecular formula is C15H13ClN4OS. The fourth-order valence-corrected chi connectivity index (χ4v) is 2.66. The van der Waals surface area contributed by atoms with E-state index in [-0.39, 0.29) is 0 Å². The topological polar surface area (TPSA) is 52.8 Å². The maximum absolute atomic E-state index is 5.86. The van der Waals surface area contributed by atoms with Crippen LogP contribution in [0.2, 0.25) is 5.02 Å². The van der Waals surface area contributed by atoms with Crippen LogP contribution in [0.4, 0.5) is 0 Å². The van der Waals surface area contributed by atoms with Gasteiger partial charge in [0.2, 0.25) is 5.16 Å². The van der Waals surface area contributed by atoms with Crippen molar-refractivity contribution in [2.45, 2.75) is 10.9 Å². The number of hydrogen-bond donors (Lipinski definition) is 0. The van der Waals surface area contributed by atoms with Gasteiger partial charge in [0.05, 0.1) is 12.8 Å². The van der Waals surface area contributed by atoms with Gasteiger partial charge in [-0.05, 0) is 47.2 Å². The molecule has 7 heteroatoms. The summed E-state index contributed by atoms with van der Waals surface area (Å²) in [5, 5.41) is 13.8. The van der Waals surface area contributed by atoms with Gasteiger partial charge >= 0.3 is 0 Å². The van der Waals surface area contributed by atoms with Crippen LogP contribution in [0.15, 0.2) is 53.7 Å². The smallest absolute Gasteiger partial charge is 0.231 e. The van der Waals surface area contributed by atoms with Crippen molar-refractivity contribution in [2.75, 3.05) is 7.11 Å². The number of hydrogen-bond acceptors (Lipinski definition) is 5. The molecule has 22 heavy (non-hydrogen) atoms. The number of thioether (sulfide) groups is 1. The number of rotatable bonds is 5. The Hall–Kier alpha value is -2.05. The molecule has 0 saturated carbocycles. The first-order valence-corrected chi connectivity index (χ1v) is 7.92. The largest absolute Gasteiger partial charge is 0.497 e. The van der Waals surface area contributed by atoms with E-state index in [0.29, 0.717) is 10.2 Å². The van der Waals surface area contributed by atoms with Gasteiger partial charge in [-0.1, -0.05) is 35.5 Å². The summed E-state index contributed by atoms with van der Waals surface area (Å²) >= 11 is 7.40. The van der Waals surface area contributed by atoms with Crippen LogP contribution >= 0.6 is 23.4 Å². The van der Waals surface area contributed by atoms with E-state index in [0.717, 1.165) is 17.2 Å². The molecule has 0 atom stereocenters. The Morgan fingerprint density at radius 2 is 1.82 bits per heavy atom. The summed E-state index contributed by atoms with van der Waals surface area (Å²) < 4.78 is 5.14. The highest BCUT2D eigenvalue weighted by atomic mass is 35.5. The van der Waals surface area contributed by atoms with Crippen molar-refractivity contribution < 1.29 is 4.74 Å². The number of aromatic nitrogens is 4. The summed E-state index contributed by atoms with van der Waals surface area (Å²) in [5.41, 5.74) is 2.00. The molecule has 0 aliphatic heterocycles. The average molecular weight is 333 g/mol. The molecular weight excluding hydrogens is 320 g/mol. The van der Waals surface area contributed by atoms with Crippen LogP contribution in [0.3, 0.4) is 0 Å². The number of benzene rings is 2. The minimum atomic E-state index is 0.630. The highest BCUT2D eigenvalue weighted by molar-refractivity contribution is 7.98. The number of nitrogens with zero attached hydrogens (tertiary/aromatic N) is 4. The third kappa shape index (κ3) is 3.58. The molecule has 0 unspecified atom stereocenters. The molecule has 0 radical (unpaired) electrons. The molecule has 1 aromatic heterocycles. The van der Waals surface area contributed by atoms with Crippen LogP contribution in [0.1, 0.15) is 5.56 Å². The van der Waals surface area contributed by atoms with Gasteiger partial charge in [0, 0.05) is 10.8 Å². The van der Waals surface area contributed by atoms with Gasteiger partial charge in [-0.15, -0.1) is 15.0 Å². The zero-order valence-corrected chi connectivity index (χ0v) is 13.4. The van der Waals surface area contributed by atoms with Crippen LogP contribution in [-0.2, 0) is 5.75 Å². The fourth-order valence-electron chi connectivity index (χ4n) is 1.81. The number of tetrazole rings is 1. The van der Waals surface area contributed by atoms with Crippen molar-refractivity contribution in [1.82, 2.24) is 20.2 Å². The lowest BCUT2D eigenvalue weighted by atomic mass is 10.2. The standard InChI is InChI=1S/C15H13ClN4OS/c1-21-14-8-2-11(3-9-14)10-22-15-17-19-20(18-15)13-6-4-12(16)5-7-13/h2-9H,10H2,1H3. The van der Waals surface area contributed by atoms with Crippen LogP contribution in [-0.4, -0.2) is 27.3 Å². The lowest BCUT2D eigenvalue weighted by molar-refractivity contribution is 0.414. The third-order valence-corrected chi connectivity index (χ3v) is 4.13. The molecule has 3 rings (SSSR count). The molecule has 0 saturated heterocycles. The van der Waals surface area contributed by atoms with Crippen LogP contribution in [0, 0.1) is 0 Å². The number of ether oxygens (including phenoxy) is 1. The van der Waals surface area contributed by atoms with Crippen molar-refractivity contribution >= 4 is 23.4 Å².